The number of nitrogens with zero attached hydrogens (tertiary/aromatic N) is 2. The van der Waals surface area contributed by atoms with Crippen LogP contribution < -0.4 is 10.6 Å². The van der Waals surface area contributed by atoms with Gasteiger partial charge in [0, 0.05) is 24.5 Å². The summed E-state index contributed by atoms with van der Waals surface area (Å²) in [5.41, 5.74) is 6.82. The highest BCUT2D eigenvalue weighted by molar-refractivity contribution is 7.15. The van der Waals surface area contributed by atoms with Crippen molar-refractivity contribution in [2.75, 3.05) is 18.0 Å². The first-order valence-electron chi connectivity index (χ1n) is 6.22. The summed E-state index contributed by atoms with van der Waals surface area (Å²) in [5, 5.41) is 1.18. The fourth-order valence-corrected chi connectivity index (χ4v) is 3.17. The van der Waals surface area contributed by atoms with E-state index in [-0.39, 0.29) is 0 Å². The molecule has 0 unspecified atom stereocenters. The fourth-order valence-electron chi connectivity index (χ4n) is 2.18. The van der Waals surface area contributed by atoms with Gasteiger partial charge < -0.3 is 10.6 Å². The first kappa shape index (κ1) is 11.9. The molecule has 1 fully saturated rings. The predicted octanol–water partition coefficient (Wildman–Crippen LogP) is 2.68. The van der Waals surface area contributed by atoms with Gasteiger partial charge in [0.2, 0.25) is 0 Å². The smallest absolute Gasteiger partial charge is 0.185 e. The number of hydrogen-bond acceptors (Lipinski definition) is 4. The number of hydrogen-bond donors (Lipinski definition) is 1. The van der Waals surface area contributed by atoms with E-state index in [9.17, 15) is 0 Å². The average Bonchev–Trinajstić information content (AvgIpc) is 2.59. The molecular weight excluding hydrogens is 218 g/mol. The van der Waals surface area contributed by atoms with Crippen LogP contribution in [0.15, 0.2) is 0 Å². The minimum Gasteiger partial charge on any atom is -0.348 e. The van der Waals surface area contributed by atoms with Gasteiger partial charge in [-0.2, -0.15) is 0 Å². The quantitative estimate of drug-likeness (QED) is 0.863. The largest absolute Gasteiger partial charge is 0.348 e. The number of aromatic nitrogens is 1. The maximum atomic E-state index is 5.70. The normalized spacial score (nSPS) is 18.2. The molecule has 0 amide bonds. The van der Waals surface area contributed by atoms with E-state index < -0.39 is 0 Å². The molecule has 0 aliphatic carbocycles. The predicted molar refractivity (Wildman–Crippen MR) is 70.0 cm³/mol. The summed E-state index contributed by atoms with van der Waals surface area (Å²) in [6.07, 6.45) is 6.74. The van der Waals surface area contributed by atoms with Crippen molar-refractivity contribution >= 4 is 16.5 Å². The summed E-state index contributed by atoms with van der Waals surface area (Å²) in [5.74, 6) is 0. The zero-order valence-electron chi connectivity index (χ0n) is 10.0. The SMILES string of the molecule is Cc1nc(N2CCCCCCC2)sc1CN. The van der Waals surface area contributed by atoms with Crippen LogP contribution in [0.4, 0.5) is 5.13 Å². The number of nitrogens with two attached hydrogens (primary N) is 1. The Labute approximate surface area is 102 Å². The Morgan fingerprint density at radius 1 is 1.19 bits per heavy atom. The lowest BCUT2D eigenvalue weighted by molar-refractivity contribution is 0.556. The van der Waals surface area contributed by atoms with Crippen LogP contribution in [0.25, 0.3) is 0 Å². The molecule has 2 N–H and O–H groups in total. The van der Waals surface area contributed by atoms with E-state index >= 15 is 0 Å². The summed E-state index contributed by atoms with van der Waals surface area (Å²) < 4.78 is 0. The van der Waals surface area contributed by atoms with Crippen molar-refractivity contribution in [1.82, 2.24) is 4.98 Å². The number of aryl methyl sites for hydroxylation is 1. The second-order valence-corrected chi connectivity index (χ2v) is 5.53. The Hall–Kier alpha value is -0.610. The van der Waals surface area contributed by atoms with E-state index in [4.69, 9.17) is 5.73 Å². The van der Waals surface area contributed by atoms with Crippen molar-refractivity contribution in [1.29, 1.82) is 0 Å². The minimum absolute atomic E-state index is 0.622. The van der Waals surface area contributed by atoms with Gasteiger partial charge in [-0.15, -0.1) is 11.3 Å². The van der Waals surface area contributed by atoms with Gasteiger partial charge in [0.25, 0.3) is 0 Å². The highest BCUT2D eigenvalue weighted by Crippen LogP contribution is 2.27. The standard InChI is InChI=1S/C12H21N3S/c1-10-11(9-13)16-12(14-10)15-7-5-3-2-4-6-8-15/h2-9,13H2,1H3. The topological polar surface area (TPSA) is 42.2 Å². The van der Waals surface area contributed by atoms with Gasteiger partial charge in [0.15, 0.2) is 5.13 Å². The molecule has 1 aromatic heterocycles. The summed E-state index contributed by atoms with van der Waals surface area (Å²) >= 11 is 1.77. The highest BCUT2D eigenvalue weighted by Gasteiger charge is 2.14. The molecule has 0 saturated carbocycles. The molecule has 4 heteroatoms. The van der Waals surface area contributed by atoms with Crippen molar-refractivity contribution in [2.45, 2.75) is 45.6 Å². The molecule has 2 heterocycles. The third-order valence-electron chi connectivity index (χ3n) is 3.19. The molecule has 0 bridgehead atoms. The fraction of sp³-hybridized carbons (Fsp3) is 0.750. The maximum Gasteiger partial charge on any atom is 0.185 e. The summed E-state index contributed by atoms with van der Waals surface area (Å²) in [6, 6.07) is 0. The van der Waals surface area contributed by atoms with E-state index in [0.29, 0.717) is 6.54 Å². The molecule has 0 atom stereocenters. The van der Waals surface area contributed by atoms with Crippen LogP contribution in [-0.2, 0) is 6.54 Å². The van der Waals surface area contributed by atoms with Gasteiger partial charge in [-0.05, 0) is 19.8 Å². The van der Waals surface area contributed by atoms with Crippen LogP contribution in [-0.4, -0.2) is 18.1 Å². The first-order valence-corrected chi connectivity index (χ1v) is 7.04. The Morgan fingerprint density at radius 3 is 2.38 bits per heavy atom. The molecular formula is C12H21N3S. The second kappa shape index (κ2) is 5.64. The summed E-state index contributed by atoms with van der Waals surface area (Å²) in [4.78, 5) is 8.32. The van der Waals surface area contributed by atoms with E-state index in [1.165, 1.54) is 42.1 Å². The van der Waals surface area contributed by atoms with Crippen LogP contribution in [0.3, 0.4) is 0 Å². The van der Waals surface area contributed by atoms with Gasteiger partial charge in [-0.3, -0.25) is 0 Å². The molecule has 2 rings (SSSR count). The molecule has 90 valence electrons. The number of rotatable bonds is 2. The van der Waals surface area contributed by atoms with Crippen LogP contribution in [0.1, 0.15) is 42.7 Å². The van der Waals surface area contributed by atoms with Crippen molar-refractivity contribution < 1.29 is 0 Å². The lowest BCUT2D eigenvalue weighted by atomic mass is 10.1. The number of anilines is 1. The van der Waals surface area contributed by atoms with Crippen LogP contribution >= 0.6 is 11.3 Å². The third-order valence-corrected chi connectivity index (χ3v) is 4.43. The van der Waals surface area contributed by atoms with Gasteiger partial charge in [0.05, 0.1) is 5.69 Å². The molecule has 3 nitrogen and oxygen atoms in total. The minimum atomic E-state index is 0.622. The Balaban J connectivity index is 2.08. The third kappa shape index (κ3) is 2.74. The average molecular weight is 239 g/mol. The highest BCUT2D eigenvalue weighted by atomic mass is 32.1. The van der Waals surface area contributed by atoms with Gasteiger partial charge in [-0.25, -0.2) is 4.98 Å². The van der Waals surface area contributed by atoms with Gasteiger partial charge >= 0.3 is 0 Å². The molecule has 1 saturated heterocycles. The molecule has 0 radical (unpaired) electrons. The molecule has 1 aromatic rings. The number of thiazole rings is 1. The van der Waals surface area contributed by atoms with Crippen molar-refractivity contribution in [3.63, 3.8) is 0 Å². The zero-order valence-corrected chi connectivity index (χ0v) is 10.9. The van der Waals surface area contributed by atoms with Gasteiger partial charge in [-0.1, -0.05) is 19.3 Å². The summed E-state index contributed by atoms with van der Waals surface area (Å²) in [7, 11) is 0. The van der Waals surface area contributed by atoms with E-state index in [0.717, 1.165) is 18.8 Å². The molecule has 0 aromatic carbocycles. The van der Waals surface area contributed by atoms with Crippen LogP contribution in [0.5, 0.6) is 0 Å². The first-order chi connectivity index (χ1) is 7.81. The lowest BCUT2D eigenvalue weighted by Crippen LogP contribution is -2.26. The van der Waals surface area contributed by atoms with E-state index in [2.05, 4.69) is 16.8 Å². The summed E-state index contributed by atoms with van der Waals surface area (Å²) in [6.45, 7) is 5.01. The van der Waals surface area contributed by atoms with Crippen LogP contribution in [0.2, 0.25) is 0 Å². The lowest BCUT2D eigenvalue weighted by Gasteiger charge is -2.23. The van der Waals surface area contributed by atoms with Crippen molar-refractivity contribution in [3.05, 3.63) is 10.6 Å². The Bertz CT molecular complexity index is 327. The van der Waals surface area contributed by atoms with Crippen molar-refractivity contribution in [3.8, 4) is 0 Å². The van der Waals surface area contributed by atoms with E-state index in [1.807, 2.05) is 0 Å². The van der Waals surface area contributed by atoms with Crippen LogP contribution in [0, 0.1) is 6.92 Å². The second-order valence-electron chi connectivity index (χ2n) is 4.46. The van der Waals surface area contributed by atoms with Crippen molar-refractivity contribution in [2.24, 2.45) is 5.73 Å². The molecule has 0 spiro atoms. The molecule has 1 aliphatic rings. The molecule has 16 heavy (non-hydrogen) atoms. The Morgan fingerprint density at radius 2 is 1.81 bits per heavy atom. The van der Waals surface area contributed by atoms with Gasteiger partial charge in [0.1, 0.15) is 0 Å². The Kier molecular flexibility index (Phi) is 4.18. The monoisotopic (exact) mass is 239 g/mol. The van der Waals surface area contributed by atoms with E-state index in [1.54, 1.807) is 11.3 Å². The molecule has 1 aliphatic heterocycles. The maximum absolute atomic E-state index is 5.70. The zero-order chi connectivity index (χ0) is 11.4.